The van der Waals surface area contributed by atoms with Crippen molar-refractivity contribution >= 4 is 44.5 Å². The Morgan fingerprint density at radius 1 is 1.42 bits per heavy atom. The van der Waals surface area contributed by atoms with Crippen molar-refractivity contribution in [2.45, 2.75) is 26.2 Å². The fourth-order valence-corrected chi connectivity index (χ4v) is 3.94. The fourth-order valence-electron chi connectivity index (χ4n) is 1.66. The summed E-state index contributed by atoms with van der Waals surface area (Å²) in [5.41, 5.74) is 1.09. The van der Waals surface area contributed by atoms with Gasteiger partial charge in [0.25, 0.3) is 5.91 Å². The molecule has 0 aliphatic rings. The van der Waals surface area contributed by atoms with Gasteiger partial charge < -0.3 is 5.32 Å². The molecule has 6 heteroatoms. The van der Waals surface area contributed by atoms with Crippen LogP contribution in [0.5, 0.6) is 0 Å². The Balaban J connectivity index is 1.64. The second-order valence-corrected chi connectivity index (χ2v) is 6.91. The van der Waals surface area contributed by atoms with E-state index in [0.29, 0.717) is 6.54 Å². The van der Waals surface area contributed by atoms with Crippen LogP contribution in [0.4, 0.5) is 0 Å². The van der Waals surface area contributed by atoms with Crippen LogP contribution < -0.4 is 5.32 Å². The Morgan fingerprint density at radius 2 is 2.26 bits per heavy atom. The highest BCUT2D eigenvalue weighted by Crippen LogP contribution is 2.22. The van der Waals surface area contributed by atoms with E-state index in [2.05, 4.69) is 31.6 Å². The van der Waals surface area contributed by atoms with Crippen molar-refractivity contribution in [3.8, 4) is 0 Å². The number of nitrogens with one attached hydrogen (secondary N) is 1. The van der Waals surface area contributed by atoms with Gasteiger partial charge in [0.15, 0.2) is 0 Å². The number of rotatable bonds is 6. The van der Waals surface area contributed by atoms with Crippen LogP contribution in [-0.4, -0.2) is 17.4 Å². The van der Waals surface area contributed by atoms with Crippen LogP contribution in [0.15, 0.2) is 21.3 Å². The highest BCUT2D eigenvalue weighted by Gasteiger charge is 2.10. The molecule has 0 unspecified atom stereocenters. The van der Waals surface area contributed by atoms with Gasteiger partial charge in [0.05, 0.1) is 5.01 Å². The topological polar surface area (TPSA) is 42.0 Å². The molecule has 0 saturated heterocycles. The van der Waals surface area contributed by atoms with Crippen LogP contribution in [-0.2, 0) is 6.42 Å². The number of hydrogen-bond donors (Lipinski definition) is 1. The Labute approximate surface area is 129 Å². The zero-order chi connectivity index (χ0) is 13.7. The average Bonchev–Trinajstić information content (AvgIpc) is 2.97. The number of nitrogens with zero attached hydrogens (tertiary/aromatic N) is 1. The summed E-state index contributed by atoms with van der Waals surface area (Å²) >= 11 is 6.53. The Morgan fingerprint density at radius 3 is 2.89 bits per heavy atom. The minimum Gasteiger partial charge on any atom is -0.351 e. The highest BCUT2D eigenvalue weighted by atomic mass is 79.9. The number of carbonyl (C=O) groups excluding carboxylic acids is 1. The molecule has 0 saturated carbocycles. The zero-order valence-electron chi connectivity index (χ0n) is 10.6. The standard InChI is InChI=1S/C13H15BrN2OS2/c1-9-8-19-11(16-9)4-2-3-6-15-13(17)12-10(14)5-7-18-12/h5,7-8H,2-4,6H2,1H3,(H,15,17). The molecule has 0 atom stereocenters. The van der Waals surface area contributed by atoms with Crippen molar-refractivity contribution in [3.63, 3.8) is 0 Å². The molecule has 0 radical (unpaired) electrons. The third-order valence-corrected chi connectivity index (χ3v) is 5.46. The monoisotopic (exact) mass is 358 g/mol. The Hall–Kier alpha value is -0.720. The van der Waals surface area contributed by atoms with Crippen LogP contribution in [0.2, 0.25) is 0 Å². The lowest BCUT2D eigenvalue weighted by molar-refractivity contribution is 0.0956. The maximum Gasteiger partial charge on any atom is 0.262 e. The van der Waals surface area contributed by atoms with Crippen LogP contribution >= 0.6 is 38.6 Å². The summed E-state index contributed by atoms with van der Waals surface area (Å²) in [4.78, 5) is 17.0. The smallest absolute Gasteiger partial charge is 0.262 e. The first kappa shape index (κ1) is 14.7. The SMILES string of the molecule is Cc1csc(CCCCNC(=O)c2sccc2Br)n1. The largest absolute Gasteiger partial charge is 0.351 e. The molecule has 2 aromatic rings. The fraction of sp³-hybridized carbons (Fsp3) is 0.385. The van der Waals surface area contributed by atoms with E-state index in [-0.39, 0.29) is 5.91 Å². The van der Waals surface area contributed by atoms with Gasteiger partial charge in [0.1, 0.15) is 4.88 Å². The van der Waals surface area contributed by atoms with Crippen LogP contribution in [0.25, 0.3) is 0 Å². The molecule has 0 aliphatic heterocycles. The number of thiophene rings is 1. The first-order valence-corrected chi connectivity index (χ1v) is 8.64. The summed E-state index contributed by atoms with van der Waals surface area (Å²) < 4.78 is 0.869. The van der Waals surface area contributed by atoms with E-state index in [4.69, 9.17) is 0 Å². The second-order valence-electron chi connectivity index (χ2n) is 4.19. The molecule has 0 bridgehead atoms. The first-order valence-electron chi connectivity index (χ1n) is 6.09. The number of aryl methyl sites for hydroxylation is 2. The Bertz CT molecular complexity index is 550. The number of unbranched alkanes of at least 4 members (excludes halogenated alkanes) is 1. The molecule has 3 nitrogen and oxygen atoms in total. The average molecular weight is 359 g/mol. The minimum atomic E-state index is 0.00645. The van der Waals surface area contributed by atoms with E-state index >= 15 is 0 Å². The molecule has 1 N–H and O–H groups in total. The van der Waals surface area contributed by atoms with Crippen LogP contribution in [0.3, 0.4) is 0 Å². The van der Waals surface area contributed by atoms with Gasteiger partial charge in [-0.3, -0.25) is 4.79 Å². The summed E-state index contributed by atoms with van der Waals surface area (Å²) in [5.74, 6) is 0.00645. The van der Waals surface area contributed by atoms with Crippen molar-refractivity contribution < 1.29 is 4.79 Å². The minimum absolute atomic E-state index is 0.00645. The van der Waals surface area contributed by atoms with E-state index in [1.807, 2.05) is 18.4 Å². The van der Waals surface area contributed by atoms with Gasteiger partial charge in [-0.1, -0.05) is 0 Å². The lowest BCUT2D eigenvalue weighted by Crippen LogP contribution is -2.23. The molecule has 2 heterocycles. The predicted molar refractivity (Wildman–Crippen MR) is 84.1 cm³/mol. The molecular weight excluding hydrogens is 344 g/mol. The van der Waals surface area contributed by atoms with Gasteiger partial charge in [-0.05, 0) is 53.6 Å². The summed E-state index contributed by atoms with van der Waals surface area (Å²) in [6.45, 7) is 2.73. The maximum absolute atomic E-state index is 11.8. The lowest BCUT2D eigenvalue weighted by Gasteiger charge is -2.03. The van der Waals surface area contributed by atoms with Gasteiger partial charge in [0.2, 0.25) is 0 Å². The third kappa shape index (κ3) is 4.40. The van der Waals surface area contributed by atoms with Gasteiger partial charge in [-0.15, -0.1) is 22.7 Å². The third-order valence-electron chi connectivity index (χ3n) is 2.59. The van der Waals surface area contributed by atoms with Crippen molar-refractivity contribution in [2.75, 3.05) is 6.54 Å². The highest BCUT2D eigenvalue weighted by molar-refractivity contribution is 9.10. The molecule has 1 amide bonds. The Kier molecular flexibility index (Phi) is 5.54. The molecule has 0 aromatic carbocycles. The van der Waals surface area contributed by atoms with Crippen LogP contribution in [0, 0.1) is 6.92 Å². The van der Waals surface area contributed by atoms with Gasteiger partial charge in [-0.2, -0.15) is 0 Å². The van der Waals surface area contributed by atoms with Crippen LogP contribution in [0.1, 0.15) is 33.2 Å². The number of aromatic nitrogens is 1. The predicted octanol–water partition coefficient (Wildman–Crippen LogP) is 4.03. The summed E-state index contributed by atoms with van der Waals surface area (Å²) in [7, 11) is 0. The molecule has 102 valence electrons. The quantitative estimate of drug-likeness (QED) is 0.792. The van der Waals surface area contributed by atoms with Crippen molar-refractivity contribution in [3.05, 3.63) is 36.9 Å². The van der Waals surface area contributed by atoms with E-state index in [9.17, 15) is 4.79 Å². The normalized spacial score (nSPS) is 10.6. The molecular formula is C13H15BrN2OS2. The van der Waals surface area contributed by atoms with E-state index in [1.165, 1.54) is 16.3 Å². The maximum atomic E-state index is 11.8. The van der Waals surface area contributed by atoms with Crippen molar-refractivity contribution in [1.82, 2.24) is 10.3 Å². The molecule has 2 aromatic heterocycles. The van der Waals surface area contributed by atoms with E-state index in [1.54, 1.807) is 11.3 Å². The van der Waals surface area contributed by atoms with E-state index in [0.717, 1.165) is 34.3 Å². The molecule has 0 fully saturated rings. The summed E-state index contributed by atoms with van der Waals surface area (Å²) in [5, 5.41) is 8.11. The molecule has 0 spiro atoms. The number of amides is 1. The van der Waals surface area contributed by atoms with Gasteiger partial charge in [-0.25, -0.2) is 4.98 Å². The first-order chi connectivity index (χ1) is 9.16. The summed E-state index contributed by atoms with van der Waals surface area (Å²) in [6.07, 6.45) is 3.03. The molecule has 2 rings (SSSR count). The molecule has 0 aliphatic carbocycles. The molecule has 19 heavy (non-hydrogen) atoms. The lowest BCUT2D eigenvalue weighted by atomic mass is 10.2. The zero-order valence-corrected chi connectivity index (χ0v) is 13.8. The number of carbonyl (C=O) groups is 1. The van der Waals surface area contributed by atoms with E-state index < -0.39 is 0 Å². The second kappa shape index (κ2) is 7.17. The number of halogens is 1. The summed E-state index contributed by atoms with van der Waals surface area (Å²) in [6, 6.07) is 1.89. The number of hydrogen-bond acceptors (Lipinski definition) is 4. The van der Waals surface area contributed by atoms with Gasteiger partial charge in [0, 0.05) is 22.1 Å². The van der Waals surface area contributed by atoms with Crippen molar-refractivity contribution in [2.24, 2.45) is 0 Å². The van der Waals surface area contributed by atoms with Gasteiger partial charge >= 0.3 is 0 Å². The van der Waals surface area contributed by atoms with Crippen molar-refractivity contribution in [1.29, 1.82) is 0 Å². The number of thiazole rings is 1.